The Kier molecular flexibility index (Phi) is 9.49. The molecule has 0 amide bonds. The van der Waals surface area contributed by atoms with Crippen molar-refractivity contribution < 1.29 is 4.79 Å². The van der Waals surface area contributed by atoms with Gasteiger partial charge in [-0.15, -0.1) is 11.3 Å². The SMILES string of the molecule is CCC(CC)N(/C=C(/C)CN=C(C)c1sc(C=O)cc1C)CN=C(C)C. The second-order valence-electron chi connectivity index (χ2n) is 6.89. The van der Waals surface area contributed by atoms with Crippen molar-refractivity contribution in [3.63, 3.8) is 0 Å². The van der Waals surface area contributed by atoms with Crippen LogP contribution in [0.4, 0.5) is 0 Å². The normalized spacial score (nSPS) is 12.5. The maximum atomic E-state index is 11.0. The molecule has 5 heteroatoms. The summed E-state index contributed by atoms with van der Waals surface area (Å²) in [5.41, 5.74) is 4.42. The highest BCUT2D eigenvalue weighted by Crippen LogP contribution is 2.21. The van der Waals surface area contributed by atoms with Crippen LogP contribution in [0.1, 0.15) is 74.5 Å². The van der Waals surface area contributed by atoms with Crippen molar-refractivity contribution >= 4 is 29.0 Å². The summed E-state index contributed by atoms with van der Waals surface area (Å²) in [5.74, 6) is 0. The first-order valence-electron chi connectivity index (χ1n) is 9.30. The van der Waals surface area contributed by atoms with Crippen LogP contribution in [0, 0.1) is 6.92 Å². The van der Waals surface area contributed by atoms with E-state index in [9.17, 15) is 4.79 Å². The first kappa shape index (κ1) is 22.3. The standard InChI is InChI=1S/C21H33N3OS/c1-8-19(9-2)24(14-23-15(3)4)12-16(5)11-22-18(7)21-17(6)10-20(13-25)26-21/h10,12-13,19H,8-9,11,14H2,1-7H3/b16-12-,22-18?. The highest BCUT2D eigenvalue weighted by atomic mass is 32.1. The summed E-state index contributed by atoms with van der Waals surface area (Å²) >= 11 is 1.51. The van der Waals surface area contributed by atoms with E-state index >= 15 is 0 Å². The first-order chi connectivity index (χ1) is 12.3. The Labute approximate surface area is 162 Å². The molecule has 0 spiro atoms. The van der Waals surface area contributed by atoms with Gasteiger partial charge in [0.1, 0.15) is 6.67 Å². The van der Waals surface area contributed by atoms with Gasteiger partial charge in [0, 0.05) is 23.7 Å². The molecule has 1 heterocycles. The monoisotopic (exact) mass is 375 g/mol. The van der Waals surface area contributed by atoms with Gasteiger partial charge < -0.3 is 4.90 Å². The quantitative estimate of drug-likeness (QED) is 0.400. The Morgan fingerprint density at radius 3 is 2.35 bits per heavy atom. The third-order valence-corrected chi connectivity index (χ3v) is 5.57. The molecule has 0 aliphatic rings. The van der Waals surface area contributed by atoms with Gasteiger partial charge in [0.25, 0.3) is 0 Å². The van der Waals surface area contributed by atoms with E-state index in [1.54, 1.807) is 0 Å². The number of aldehydes is 1. The number of nitrogens with zero attached hydrogens (tertiary/aromatic N) is 3. The maximum Gasteiger partial charge on any atom is 0.160 e. The Hall–Kier alpha value is -1.75. The molecule has 0 aliphatic carbocycles. The number of hydrogen-bond acceptors (Lipinski definition) is 5. The molecule has 1 aromatic rings. The lowest BCUT2D eigenvalue weighted by Crippen LogP contribution is -2.30. The Morgan fingerprint density at radius 2 is 1.85 bits per heavy atom. The van der Waals surface area contributed by atoms with Gasteiger partial charge in [-0.1, -0.05) is 13.8 Å². The van der Waals surface area contributed by atoms with Gasteiger partial charge in [0.2, 0.25) is 0 Å². The molecule has 0 aromatic carbocycles. The predicted octanol–water partition coefficient (Wildman–Crippen LogP) is 5.51. The zero-order valence-electron chi connectivity index (χ0n) is 17.3. The fourth-order valence-electron chi connectivity index (χ4n) is 2.81. The molecule has 0 atom stereocenters. The Morgan fingerprint density at radius 1 is 1.19 bits per heavy atom. The van der Waals surface area contributed by atoms with E-state index in [4.69, 9.17) is 4.99 Å². The molecule has 0 saturated heterocycles. The van der Waals surface area contributed by atoms with Gasteiger partial charge >= 0.3 is 0 Å². The van der Waals surface area contributed by atoms with Crippen LogP contribution in [-0.4, -0.2) is 41.9 Å². The van der Waals surface area contributed by atoms with Gasteiger partial charge in [-0.3, -0.25) is 14.8 Å². The summed E-state index contributed by atoms with van der Waals surface area (Å²) in [6, 6.07) is 2.42. The van der Waals surface area contributed by atoms with Crippen molar-refractivity contribution in [3.05, 3.63) is 33.2 Å². The average Bonchev–Trinajstić information content (AvgIpc) is 2.99. The Balaban J connectivity index is 2.92. The minimum absolute atomic E-state index is 0.493. The van der Waals surface area contributed by atoms with Crippen molar-refractivity contribution in [1.29, 1.82) is 0 Å². The third kappa shape index (κ3) is 6.87. The summed E-state index contributed by atoms with van der Waals surface area (Å²) in [4.78, 5) is 24.5. The zero-order chi connectivity index (χ0) is 19.7. The summed E-state index contributed by atoms with van der Waals surface area (Å²) in [7, 11) is 0. The molecular weight excluding hydrogens is 342 g/mol. The van der Waals surface area contributed by atoms with Crippen molar-refractivity contribution in [3.8, 4) is 0 Å². The van der Waals surface area contributed by atoms with E-state index in [2.05, 4.69) is 36.9 Å². The molecule has 1 rings (SSSR count). The number of aliphatic imine (C=N–C) groups is 2. The number of carbonyl (C=O) groups is 1. The number of carbonyl (C=O) groups excluding carboxylic acids is 1. The second-order valence-corrected chi connectivity index (χ2v) is 7.97. The number of aryl methyl sites for hydroxylation is 1. The van der Waals surface area contributed by atoms with Crippen LogP contribution in [0.2, 0.25) is 0 Å². The molecular formula is C21H33N3OS. The van der Waals surface area contributed by atoms with E-state index in [-0.39, 0.29) is 0 Å². The van der Waals surface area contributed by atoms with Crippen LogP contribution in [0.3, 0.4) is 0 Å². The van der Waals surface area contributed by atoms with E-state index < -0.39 is 0 Å². The Bertz CT molecular complexity index is 677. The molecule has 0 aliphatic heterocycles. The van der Waals surface area contributed by atoms with Gasteiger partial charge in [-0.2, -0.15) is 0 Å². The van der Waals surface area contributed by atoms with Crippen molar-refractivity contribution in [2.24, 2.45) is 9.98 Å². The van der Waals surface area contributed by atoms with Crippen LogP contribution >= 0.6 is 11.3 Å². The highest BCUT2D eigenvalue weighted by molar-refractivity contribution is 7.15. The van der Waals surface area contributed by atoms with Crippen LogP contribution < -0.4 is 0 Å². The van der Waals surface area contributed by atoms with Crippen LogP contribution in [0.25, 0.3) is 0 Å². The predicted molar refractivity (Wildman–Crippen MR) is 115 cm³/mol. The molecule has 26 heavy (non-hydrogen) atoms. The fraction of sp³-hybridized carbons (Fsp3) is 0.571. The van der Waals surface area contributed by atoms with Gasteiger partial charge in [0.15, 0.2) is 6.29 Å². The summed E-state index contributed by atoms with van der Waals surface area (Å²) in [5, 5.41) is 0. The molecule has 0 bridgehead atoms. The fourth-order valence-corrected chi connectivity index (χ4v) is 3.76. The lowest BCUT2D eigenvalue weighted by Gasteiger charge is -2.28. The summed E-state index contributed by atoms with van der Waals surface area (Å²) in [6.45, 7) is 16.0. The number of thiophene rings is 1. The van der Waals surface area contributed by atoms with E-state index in [1.165, 1.54) is 16.9 Å². The van der Waals surface area contributed by atoms with Crippen molar-refractivity contribution in [1.82, 2.24) is 4.90 Å². The summed E-state index contributed by atoms with van der Waals surface area (Å²) in [6.07, 6.45) is 5.32. The number of hydrogen-bond donors (Lipinski definition) is 0. The first-order valence-corrected chi connectivity index (χ1v) is 10.1. The van der Waals surface area contributed by atoms with E-state index in [0.29, 0.717) is 19.3 Å². The highest BCUT2D eigenvalue weighted by Gasteiger charge is 2.12. The van der Waals surface area contributed by atoms with E-state index in [1.807, 2.05) is 33.8 Å². The van der Waals surface area contributed by atoms with Gasteiger partial charge in [-0.25, -0.2) is 0 Å². The van der Waals surface area contributed by atoms with Crippen LogP contribution in [0.15, 0.2) is 27.8 Å². The van der Waals surface area contributed by atoms with E-state index in [0.717, 1.165) is 45.9 Å². The molecule has 144 valence electrons. The van der Waals surface area contributed by atoms with Gasteiger partial charge in [0.05, 0.1) is 16.3 Å². The molecule has 0 saturated carbocycles. The largest absolute Gasteiger partial charge is 0.355 e. The topological polar surface area (TPSA) is 45.0 Å². The van der Waals surface area contributed by atoms with Gasteiger partial charge in [-0.05, 0) is 64.7 Å². The molecule has 0 unspecified atom stereocenters. The molecule has 4 nitrogen and oxygen atoms in total. The maximum absolute atomic E-state index is 11.0. The molecule has 0 radical (unpaired) electrons. The third-order valence-electron chi connectivity index (χ3n) is 4.30. The lowest BCUT2D eigenvalue weighted by atomic mass is 10.1. The lowest BCUT2D eigenvalue weighted by molar-refractivity contribution is 0.112. The minimum atomic E-state index is 0.493. The second kappa shape index (κ2) is 11.1. The molecule has 1 aromatic heterocycles. The molecule has 0 fully saturated rings. The van der Waals surface area contributed by atoms with Crippen molar-refractivity contribution in [2.75, 3.05) is 13.2 Å². The minimum Gasteiger partial charge on any atom is -0.355 e. The zero-order valence-corrected chi connectivity index (χ0v) is 18.1. The van der Waals surface area contributed by atoms with Crippen molar-refractivity contribution in [2.45, 2.75) is 67.3 Å². The summed E-state index contributed by atoms with van der Waals surface area (Å²) < 4.78 is 0. The smallest absolute Gasteiger partial charge is 0.160 e. The van der Waals surface area contributed by atoms with Crippen LogP contribution in [-0.2, 0) is 0 Å². The number of rotatable bonds is 10. The average molecular weight is 376 g/mol. The molecule has 0 N–H and O–H groups in total. The van der Waals surface area contributed by atoms with Crippen LogP contribution in [0.5, 0.6) is 0 Å².